The minimum atomic E-state index is 0.250. The van der Waals surface area contributed by atoms with Crippen molar-refractivity contribution in [3.63, 3.8) is 0 Å². The Bertz CT molecular complexity index is 388. The summed E-state index contributed by atoms with van der Waals surface area (Å²) in [5.41, 5.74) is 7.15. The third-order valence-corrected chi connectivity index (χ3v) is 3.59. The van der Waals surface area contributed by atoms with Gasteiger partial charge < -0.3 is 5.73 Å². The molecule has 1 atom stereocenters. The maximum Gasteiger partial charge on any atom is 0.204 e. The van der Waals surface area contributed by atoms with Crippen molar-refractivity contribution in [3.8, 4) is 0 Å². The minimum Gasteiger partial charge on any atom is -0.372 e. The zero-order valence-corrected chi connectivity index (χ0v) is 10.6. The zero-order valence-electron chi connectivity index (χ0n) is 10.6. The summed E-state index contributed by atoms with van der Waals surface area (Å²) in [4.78, 5) is 11.2. The number of hydrogen-bond donors (Lipinski definition) is 2. The van der Waals surface area contributed by atoms with Gasteiger partial charge in [0.05, 0.1) is 6.17 Å². The van der Waals surface area contributed by atoms with E-state index in [9.17, 15) is 0 Å². The Labute approximate surface area is 108 Å². The quantitative estimate of drug-likeness (QED) is 0.737. The molecule has 2 heterocycles. The van der Waals surface area contributed by atoms with Gasteiger partial charge in [0.1, 0.15) is 0 Å². The molecule has 0 radical (unpaired) electrons. The van der Waals surface area contributed by atoms with Crippen LogP contribution in [0.4, 0.5) is 0 Å². The van der Waals surface area contributed by atoms with Gasteiger partial charge in [-0.05, 0) is 37.1 Å². The number of benzene rings is 1. The second kappa shape index (κ2) is 6.52. The van der Waals surface area contributed by atoms with Crippen molar-refractivity contribution in [3.05, 3.63) is 35.4 Å². The lowest BCUT2D eigenvalue weighted by atomic mass is 10.1. The van der Waals surface area contributed by atoms with Gasteiger partial charge in [-0.3, -0.25) is 15.0 Å². The normalized spacial score (nSPS) is 22.8. The Kier molecular flexibility index (Phi) is 4.73. The number of hydrogen-bond acceptors (Lipinski definition) is 3. The molecular formula is C14H21N3O. The first-order valence-electron chi connectivity index (χ1n) is 6.57. The summed E-state index contributed by atoms with van der Waals surface area (Å²) in [6, 6.07) is 8.81. The van der Waals surface area contributed by atoms with E-state index in [0.29, 0.717) is 6.17 Å². The molecule has 2 aliphatic heterocycles. The second-order valence-electron chi connectivity index (χ2n) is 4.71. The standard InChI is InChI=1S/C13H18N2.CH3NO/c1-4-8-15(9-5-1)13-12-7-3-2-6-11(12)10-14-13;2-1-3/h2-3,6-7,13-14H,1,4-5,8-10H2;1H,(H2,2,3). The Morgan fingerprint density at radius 1 is 1.22 bits per heavy atom. The van der Waals surface area contributed by atoms with Gasteiger partial charge in [0.25, 0.3) is 0 Å². The number of rotatable bonds is 1. The highest BCUT2D eigenvalue weighted by atomic mass is 16.1. The van der Waals surface area contributed by atoms with E-state index >= 15 is 0 Å². The number of nitrogens with zero attached hydrogens (tertiary/aromatic N) is 1. The lowest BCUT2D eigenvalue weighted by molar-refractivity contribution is -0.106. The van der Waals surface area contributed by atoms with E-state index in [1.807, 2.05) is 0 Å². The molecule has 18 heavy (non-hydrogen) atoms. The van der Waals surface area contributed by atoms with Gasteiger partial charge >= 0.3 is 0 Å². The summed E-state index contributed by atoms with van der Waals surface area (Å²) in [7, 11) is 0. The summed E-state index contributed by atoms with van der Waals surface area (Å²) >= 11 is 0. The number of amides is 1. The first-order valence-corrected chi connectivity index (χ1v) is 6.57. The molecule has 1 amide bonds. The fraction of sp³-hybridized carbons (Fsp3) is 0.500. The van der Waals surface area contributed by atoms with Crippen molar-refractivity contribution in [1.29, 1.82) is 0 Å². The van der Waals surface area contributed by atoms with Crippen LogP contribution < -0.4 is 11.1 Å². The van der Waals surface area contributed by atoms with Crippen molar-refractivity contribution in [2.45, 2.75) is 32.0 Å². The smallest absolute Gasteiger partial charge is 0.204 e. The van der Waals surface area contributed by atoms with Crippen LogP contribution in [0, 0.1) is 0 Å². The molecule has 0 saturated carbocycles. The lowest BCUT2D eigenvalue weighted by Gasteiger charge is -2.32. The third-order valence-electron chi connectivity index (χ3n) is 3.59. The molecule has 4 nitrogen and oxygen atoms in total. The van der Waals surface area contributed by atoms with E-state index in [4.69, 9.17) is 4.79 Å². The summed E-state index contributed by atoms with van der Waals surface area (Å²) in [5, 5.41) is 3.62. The number of carbonyl (C=O) groups excluding carboxylic acids is 1. The molecule has 2 aliphatic rings. The highest BCUT2D eigenvalue weighted by Crippen LogP contribution is 2.29. The summed E-state index contributed by atoms with van der Waals surface area (Å²) in [6.07, 6.45) is 4.87. The number of likely N-dealkylation sites (tertiary alicyclic amines) is 1. The zero-order chi connectivity index (χ0) is 12.8. The molecule has 0 bridgehead atoms. The van der Waals surface area contributed by atoms with Crippen LogP contribution in [0.1, 0.15) is 36.6 Å². The van der Waals surface area contributed by atoms with Crippen molar-refractivity contribution in [2.24, 2.45) is 5.73 Å². The number of nitrogens with one attached hydrogen (secondary N) is 1. The Hall–Kier alpha value is -1.39. The lowest BCUT2D eigenvalue weighted by Crippen LogP contribution is -2.38. The fourth-order valence-electron chi connectivity index (χ4n) is 2.78. The predicted molar refractivity (Wildman–Crippen MR) is 71.7 cm³/mol. The maximum atomic E-state index is 8.58. The molecule has 1 aromatic carbocycles. The molecule has 0 spiro atoms. The minimum absolute atomic E-state index is 0.250. The van der Waals surface area contributed by atoms with Crippen molar-refractivity contribution in [2.75, 3.05) is 13.1 Å². The average Bonchev–Trinajstić information content (AvgIpc) is 2.84. The monoisotopic (exact) mass is 247 g/mol. The van der Waals surface area contributed by atoms with Gasteiger partial charge in [-0.15, -0.1) is 0 Å². The van der Waals surface area contributed by atoms with Crippen LogP contribution in [0.5, 0.6) is 0 Å². The van der Waals surface area contributed by atoms with Crippen LogP contribution in [-0.2, 0) is 11.3 Å². The average molecular weight is 247 g/mol. The van der Waals surface area contributed by atoms with Crippen molar-refractivity contribution < 1.29 is 4.79 Å². The van der Waals surface area contributed by atoms with Crippen LogP contribution in [0.15, 0.2) is 24.3 Å². The summed E-state index contributed by atoms with van der Waals surface area (Å²) < 4.78 is 0. The van der Waals surface area contributed by atoms with E-state index in [2.05, 4.69) is 40.2 Å². The first kappa shape index (κ1) is 13.1. The maximum absolute atomic E-state index is 8.58. The molecule has 1 fully saturated rings. The van der Waals surface area contributed by atoms with Crippen LogP contribution in [0.3, 0.4) is 0 Å². The van der Waals surface area contributed by atoms with Gasteiger partial charge in [-0.25, -0.2) is 0 Å². The van der Waals surface area contributed by atoms with E-state index in [1.165, 1.54) is 43.5 Å². The molecule has 1 unspecified atom stereocenters. The molecule has 1 saturated heterocycles. The number of carbonyl (C=O) groups is 1. The van der Waals surface area contributed by atoms with E-state index in [0.717, 1.165) is 6.54 Å². The van der Waals surface area contributed by atoms with Crippen LogP contribution >= 0.6 is 0 Å². The van der Waals surface area contributed by atoms with Gasteiger partial charge in [0, 0.05) is 6.54 Å². The highest BCUT2D eigenvalue weighted by molar-refractivity contribution is 5.42. The van der Waals surface area contributed by atoms with Gasteiger partial charge in [0.2, 0.25) is 6.41 Å². The number of piperidine rings is 1. The molecule has 0 aromatic heterocycles. The van der Waals surface area contributed by atoms with Crippen LogP contribution in [0.25, 0.3) is 0 Å². The Morgan fingerprint density at radius 2 is 1.89 bits per heavy atom. The van der Waals surface area contributed by atoms with Crippen LogP contribution in [0.2, 0.25) is 0 Å². The molecular weight excluding hydrogens is 226 g/mol. The fourth-order valence-corrected chi connectivity index (χ4v) is 2.78. The summed E-state index contributed by atoms with van der Waals surface area (Å²) in [5.74, 6) is 0. The molecule has 98 valence electrons. The summed E-state index contributed by atoms with van der Waals surface area (Å²) in [6.45, 7) is 3.55. The SMILES string of the molecule is NC=O.c1ccc2c(c1)CNC2N1CCCCC1. The molecule has 3 N–H and O–H groups in total. The number of fused-ring (bicyclic) bond motifs is 1. The number of nitrogens with two attached hydrogens (primary N) is 1. The highest BCUT2D eigenvalue weighted by Gasteiger charge is 2.27. The number of primary amides is 1. The van der Waals surface area contributed by atoms with E-state index in [1.54, 1.807) is 0 Å². The van der Waals surface area contributed by atoms with E-state index < -0.39 is 0 Å². The topological polar surface area (TPSA) is 58.4 Å². The Balaban J connectivity index is 0.000000367. The first-order chi connectivity index (χ1) is 8.86. The molecule has 0 aliphatic carbocycles. The van der Waals surface area contributed by atoms with Crippen molar-refractivity contribution >= 4 is 6.41 Å². The van der Waals surface area contributed by atoms with Gasteiger partial charge in [-0.2, -0.15) is 0 Å². The van der Waals surface area contributed by atoms with E-state index in [-0.39, 0.29) is 6.41 Å². The third kappa shape index (κ3) is 2.89. The largest absolute Gasteiger partial charge is 0.372 e. The Morgan fingerprint density at radius 3 is 2.61 bits per heavy atom. The van der Waals surface area contributed by atoms with Crippen LogP contribution in [-0.4, -0.2) is 24.4 Å². The molecule has 4 heteroatoms. The van der Waals surface area contributed by atoms with Gasteiger partial charge in [0.15, 0.2) is 0 Å². The van der Waals surface area contributed by atoms with Crippen molar-refractivity contribution in [1.82, 2.24) is 10.2 Å². The second-order valence-corrected chi connectivity index (χ2v) is 4.71. The molecule has 3 rings (SSSR count). The van der Waals surface area contributed by atoms with Gasteiger partial charge in [-0.1, -0.05) is 30.7 Å². The predicted octanol–water partition coefficient (Wildman–Crippen LogP) is 1.38. The molecule has 1 aromatic rings.